The number of anilines is 1. The predicted molar refractivity (Wildman–Crippen MR) is 132 cm³/mol. The molecule has 2 fully saturated rings. The zero-order valence-electron chi connectivity index (χ0n) is 20.2. The molecular weight excluding hydrogens is 449 g/mol. The van der Waals surface area contributed by atoms with Crippen LogP contribution in [0.25, 0.3) is 22.2 Å². The van der Waals surface area contributed by atoms with Crippen LogP contribution in [-0.2, 0) is 16.0 Å². The molecule has 8 nitrogen and oxygen atoms in total. The Hall–Kier alpha value is -2.72. The van der Waals surface area contributed by atoms with Gasteiger partial charge in [0.05, 0.1) is 43.7 Å². The summed E-state index contributed by atoms with van der Waals surface area (Å²) in [5, 5.41) is 14.3. The number of nitrogens with zero attached hydrogens (tertiary/aromatic N) is 4. The van der Waals surface area contributed by atoms with E-state index >= 15 is 0 Å². The van der Waals surface area contributed by atoms with Crippen molar-refractivity contribution in [2.24, 2.45) is 0 Å². The summed E-state index contributed by atoms with van der Waals surface area (Å²) in [7, 11) is 0. The Kier molecular flexibility index (Phi) is 7.19. The molecule has 1 aromatic carbocycles. The Morgan fingerprint density at radius 2 is 1.97 bits per heavy atom. The number of benzene rings is 1. The van der Waals surface area contributed by atoms with E-state index < -0.39 is 11.9 Å². The van der Waals surface area contributed by atoms with Gasteiger partial charge in [0.2, 0.25) is 5.95 Å². The summed E-state index contributed by atoms with van der Waals surface area (Å²) in [4.78, 5) is 15.7. The monoisotopic (exact) mass is 481 g/mol. The summed E-state index contributed by atoms with van der Waals surface area (Å²) in [5.41, 5.74) is 4.17. The fourth-order valence-electron chi connectivity index (χ4n) is 4.91. The van der Waals surface area contributed by atoms with E-state index in [1.807, 2.05) is 24.4 Å². The van der Waals surface area contributed by atoms with Gasteiger partial charge in [0.1, 0.15) is 5.69 Å². The van der Waals surface area contributed by atoms with Gasteiger partial charge in [0.25, 0.3) is 0 Å². The first-order valence-corrected chi connectivity index (χ1v) is 12.3. The molecule has 0 radical (unpaired) electrons. The van der Waals surface area contributed by atoms with E-state index in [1.165, 1.54) is 17.3 Å². The molecule has 2 saturated heterocycles. The lowest BCUT2D eigenvalue weighted by atomic mass is 9.92. The van der Waals surface area contributed by atoms with Crippen molar-refractivity contribution >= 4 is 16.9 Å². The highest BCUT2D eigenvalue weighted by molar-refractivity contribution is 5.88. The van der Waals surface area contributed by atoms with Crippen LogP contribution in [-0.4, -0.2) is 76.6 Å². The second-order valence-corrected chi connectivity index (χ2v) is 9.54. The highest BCUT2D eigenvalue weighted by Gasteiger charge is 2.25. The molecule has 2 atom stereocenters. The maximum Gasteiger partial charge on any atom is 0.223 e. The lowest BCUT2D eigenvalue weighted by molar-refractivity contribution is -0.0136. The van der Waals surface area contributed by atoms with Gasteiger partial charge < -0.3 is 19.9 Å². The van der Waals surface area contributed by atoms with Crippen molar-refractivity contribution in [2.75, 3.05) is 44.8 Å². The van der Waals surface area contributed by atoms with Crippen molar-refractivity contribution in [2.45, 2.75) is 44.9 Å². The zero-order valence-corrected chi connectivity index (χ0v) is 20.2. The molecule has 2 aliphatic heterocycles. The van der Waals surface area contributed by atoms with Crippen molar-refractivity contribution < 1.29 is 19.0 Å². The second-order valence-electron chi connectivity index (χ2n) is 9.54. The van der Waals surface area contributed by atoms with Crippen molar-refractivity contribution in [1.82, 2.24) is 19.9 Å². The van der Waals surface area contributed by atoms with Crippen molar-refractivity contribution in [3.05, 3.63) is 47.5 Å². The third-order valence-corrected chi connectivity index (χ3v) is 6.73. The Bertz CT molecular complexity index is 1190. The molecule has 2 aliphatic rings. The van der Waals surface area contributed by atoms with E-state index in [2.05, 4.69) is 34.0 Å². The molecule has 3 aromatic rings. The van der Waals surface area contributed by atoms with Gasteiger partial charge in [-0.2, -0.15) is 0 Å². The number of aliphatic hydroxyl groups excluding tert-OH is 1. The Morgan fingerprint density at radius 3 is 2.74 bits per heavy atom. The molecule has 0 unspecified atom stereocenters. The molecule has 9 heteroatoms. The highest BCUT2D eigenvalue weighted by atomic mass is 19.1. The number of aromatic nitrogens is 3. The molecule has 0 spiro atoms. The maximum atomic E-state index is 14.9. The average molecular weight is 482 g/mol. The molecule has 186 valence electrons. The highest BCUT2D eigenvalue weighted by Crippen LogP contribution is 2.32. The van der Waals surface area contributed by atoms with Crippen LogP contribution in [0.4, 0.5) is 10.3 Å². The molecule has 2 N–H and O–H groups in total. The molecule has 2 aromatic heterocycles. The van der Waals surface area contributed by atoms with Gasteiger partial charge in [0, 0.05) is 43.4 Å². The first-order chi connectivity index (χ1) is 17.0. The van der Waals surface area contributed by atoms with Crippen LogP contribution in [0.3, 0.4) is 0 Å². The number of rotatable bonds is 6. The lowest BCUT2D eigenvalue weighted by Crippen LogP contribution is -2.42. The summed E-state index contributed by atoms with van der Waals surface area (Å²) < 4.78 is 25.7. The summed E-state index contributed by atoms with van der Waals surface area (Å²) in [6.07, 6.45) is 3.12. The number of hydrogen-bond donors (Lipinski definition) is 2. The number of pyridine rings is 1. The lowest BCUT2D eigenvalue weighted by Gasteiger charge is -2.28. The predicted octanol–water partition coefficient (Wildman–Crippen LogP) is 3.35. The molecule has 0 amide bonds. The molecular formula is C26H32FN5O3. The first-order valence-electron chi connectivity index (χ1n) is 12.3. The topological polar surface area (TPSA) is 92.6 Å². The second kappa shape index (κ2) is 10.5. The van der Waals surface area contributed by atoms with E-state index in [0.717, 1.165) is 43.8 Å². The van der Waals surface area contributed by atoms with Gasteiger partial charge in [-0.15, -0.1) is 0 Å². The van der Waals surface area contributed by atoms with E-state index in [9.17, 15) is 9.50 Å². The quantitative estimate of drug-likeness (QED) is 0.554. The molecule has 0 aliphatic carbocycles. The van der Waals surface area contributed by atoms with Crippen LogP contribution in [0.1, 0.15) is 37.3 Å². The first kappa shape index (κ1) is 24.0. The number of fused-ring (bicyclic) bond motifs is 1. The summed E-state index contributed by atoms with van der Waals surface area (Å²) in [6.45, 7) is 9.27. The van der Waals surface area contributed by atoms with E-state index in [4.69, 9.17) is 14.5 Å². The Morgan fingerprint density at radius 1 is 1.14 bits per heavy atom. The van der Waals surface area contributed by atoms with Gasteiger partial charge in [0.15, 0.2) is 5.82 Å². The van der Waals surface area contributed by atoms with Gasteiger partial charge in [-0.1, -0.05) is 19.9 Å². The van der Waals surface area contributed by atoms with Gasteiger partial charge in [-0.3, -0.25) is 9.88 Å². The van der Waals surface area contributed by atoms with Crippen LogP contribution in [0.5, 0.6) is 0 Å². The molecule has 0 bridgehead atoms. The summed E-state index contributed by atoms with van der Waals surface area (Å²) in [6, 6.07) is 5.52. The van der Waals surface area contributed by atoms with Crippen LogP contribution in [0.2, 0.25) is 0 Å². The van der Waals surface area contributed by atoms with Crippen LogP contribution in [0.15, 0.2) is 30.6 Å². The molecule has 4 heterocycles. The van der Waals surface area contributed by atoms with Crippen LogP contribution >= 0.6 is 0 Å². The van der Waals surface area contributed by atoms with E-state index in [1.54, 1.807) is 0 Å². The fourth-order valence-corrected chi connectivity index (χ4v) is 4.91. The number of hydrogen-bond acceptors (Lipinski definition) is 8. The third kappa shape index (κ3) is 5.28. The number of nitrogens with one attached hydrogen (secondary N) is 1. The zero-order chi connectivity index (χ0) is 24.4. The van der Waals surface area contributed by atoms with Crippen molar-refractivity contribution in [3.63, 3.8) is 0 Å². The van der Waals surface area contributed by atoms with Gasteiger partial charge in [-0.05, 0) is 35.6 Å². The SMILES string of the molecule is CC(C)c1c(CN2CCOCC2)cnc2ccc(-c3nc(N[C@@H]4CCOC[C@@H]4O)ncc3F)cc12. The van der Waals surface area contributed by atoms with Crippen molar-refractivity contribution in [1.29, 1.82) is 0 Å². The summed E-state index contributed by atoms with van der Waals surface area (Å²) >= 11 is 0. The van der Waals surface area contributed by atoms with Crippen LogP contribution in [0, 0.1) is 5.82 Å². The maximum absolute atomic E-state index is 14.9. The number of aliphatic hydroxyl groups is 1. The summed E-state index contributed by atoms with van der Waals surface area (Å²) in [5.74, 6) is 0.0657. The average Bonchev–Trinajstić information content (AvgIpc) is 2.86. The molecule has 5 rings (SSSR count). The number of ether oxygens (including phenoxy) is 2. The Balaban J connectivity index is 1.50. The molecule has 35 heavy (non-hydrogen) atoms. The van der Waals surface area contributed by atoms with Crippen LogP contribution < -0.4 is 5.32 Å². The standard InChI is InChI=1S/C26H32FN5O3/c1-16(2)24-18(14-32-6-9-34-10-7-32)12-28-21-4-3-17(11-19(21)24)25-20(27)13-29-26(31-25)30-22-5-8-35-15-23(22)33/h3-4,11-13,16,22-23,33H,5-10,14-15H2,1-2H3,(H,29,30,31)/t22-,23+/m1/s1. The third-order valence-electron chi connectivity index (χ3n) is 6.73. The van der Waals surface area contributed by atoms with E-state index in [0.29, 0.717) is 18.6 Å². The minimum atomic E-state index is -0.661. The van der Waals surface area contributed by atoms with Gasteiger partial charge >= 0.3 is 0 Å². The minimum absolute atomic E-state index is 0.222. The molecule has 0 saturated carbocycles. The largest absolute Gasteiger partial charge is 0.389 e. The van der Waals surface area contributed by atoms with Crippen molar-refractivity contribution in [3.8, 4) is 11.3 Å². The normalized spacial score (nSPS) is 21.5. The number of halogens is 1. The van der Waals surface area contributed by atoms with E-state index in [-0.39, 0.29) is 30.2 Å². The Labute approximate surface area is 204 Å². The minimum Gasteiger partial charge on any atom is -0.389 e. The fraction of sp³-hybridized carbons (Fsp3) is 0.500. The smallest absolute Gasteiger partial charge is 0.223 e. The van der Waals surface area contributed by atoms with Gasteiger partial charge in [-0.25, -0.2) is 14.4 Å². The number of morpholine rings is 1.